The molecule has 0 radical (unpaired) electrons. The van der Waals surface area contributed by atoms with Crippen molar-refractivity contribution in [2.24, 2.45) is 0 Å². The zero-order valence-corrected chi connectivity index (χ0v) is 12.7. The Labute approximate surface area is 121 Å². The highest BCUT2D eigenvalue weighted by Gasteiger charge is 2.19. The van der Waals surface area contributed by atoms with Crippen molar-refractivity contribution >= 4 is 43.5 Å². The van der Waals surface area contributed by atoms with Crippen molar-refractivity contribution in [2.45, 2.75) is 18.2 Å². The third-order valence-electron chi connectivity index (χ3n) is 2.16. The highest BCUT2D eigenvalue weighted by Crippen LogP contribution is 2.26. The molecule has 1 unspecified atom stereocenters. The Hall–Kier alpha value is -0.950. The first kappa shape index (κ1) is 15.1. The zero-order valence-electron chi connectivity index (χ0n) is 9.56. The van der Waals surface area contributed by atoms with Crippen LogP contribution in [0.15, 0.2) is 22.7 Å². The molecule has 0 amide bonds. The van der Waals surface area contributed by atoms with E-state index in [0.717, 1.165) is 0 Å². The Balaban J connectivity index is 2.82. The number of esters is 1. The number of benzene rings is 1. The third-order valence-corrected chi connectivity index (χ3v) is 3.53. The molecule has 0 spiro atoms. The van der Waals surface area contributed by atoms with Gasteiger partial charge < -0.3 is 4.74 Å². The van der Waals surface area contributed by atoms with Crippen LogP contribution in [0.1, 0.15) is 12.5 Å². The molecule has 0 saturated heterocycles. The molecule has 5 nitrogen and oxygen atoms in total. The highest BCUT2D eigenvalue weighted by atomic mass is 79.9. The first-order chi connectivity index (χ1) is 8.45. The predicted octanol–water partition coefficient (Wildman–Crippen LogP) is 3.23. The number of rotatable bonds is 5. The van der Waals surface area contributed by atoms with Crippen LogP contribution in [-0.4, -0.2) is 22.3 Å². The van der Waals surface area contributed by atoms with Gasteiger partial charge in [-0.2, -0.15) is 0 Å². The van der Waals surface area contributed by atoms with E-state index in [1.165, 1.54) is 6.07 Å². The average molecular weight is 381 g/mol. The molecule has 98 valence electrons. The van der Waals surface area contributed by atoms with E-state index in [4.69, 9.17) is 4.74 Å². The molecule has 0 heterocycles. The molecule has 1 aromatic carbocycles. The second-order valence-corrected chi connectivity index (χ2v) is 5.43. The lowest BCUT2D eigenvalue weighted by atomic mass is 10.1. The molecule has 0 N–H and O–H groups in total. The molecule has 1 aromatic rings. The number of hydrogen-bond acceptors (Lipinski definition) is 4. The minimum absolute atomic E-state index is 0.0175. The molecule has 18 heavy (non-hydrogen) atoms. The second kappa shape index (κ2) is 6.84. The second-order valence-electron chi connectivity index (χ2n) is 3.47. The maximum Gasteiger partial charge on any atom is 0.320 e. The number of alkyl halides is 1. The fraction of sp³-hybridized carbons (Fsp3) is 0.364. The fourth-order valence-electron chi connectivity index (χ4n) is 1.35. The van der Waals surface area contributed by atoms with E-state index < -0.39 is 9.75 Å². The van der Waals surface area contributed by atoms with Gasteiger partial charge in [0.25, 0.3) is 5.69 Å². The van der Waals surface area contributed by atoms with Crippen molar-refractivity contribution in [1.29, 1.82) is 0 Å². The summed E-state index contributed by atoms with van der Waals surface area (Å²) in [6.45, 7) is 2.03. The van der Waals surface area contributed by atoms with Crippen molar-refractivity contribution in [3.05, 3.63) is 38.3 Å². The largest absolute Gasteiger partial charge is 0.465 e. The van der Waals surface area contributed by atoms with Gasteiger partial charge >= 0.3 is 5.97 Å². The number of hydrogen-bond donors (Lipinski definition) is 0. The van der Waals surface area contributed by atoms with E-state index >= 15 is 0 Å². The highest BCUT2D eigenvalue weighted by molar-refractivity contribution is 9.10. The van der Waals surface area contributed by atoms with Gasteiger partial charge in [-0.1, -0.05) is 22.0 Å². The quantitative estimate of drug-likeness (QED) is 0.340. The van der Waals surface area contributed by atoms with Crippen LogP contribution in [0.25, 0.3) is 0 Å². The minimum atomic E-state index is -0.502. The smallest absolute Gasteiger partial charge is 0.320 e. The van der Waals surface area contributed by atoms with Crippen LogP contribution in [0.4, 0.5) is 5.69 Å². The topological polar surface area (TPSA) is 69.4 Å². The van der Waals surface area contributed by atoms with Crippen molar-refractivity contribution < 1.29 is 14.5 Å². The van der Waals surface area contributed by atoms with Crippen molar-refractivity contribution in [3.63, 3.8) is 0 Å². The molecule has 0 fully saturated rings. The Morgan fingerprint density at radius 2 is 2.22 bits per heavy atom. The summed E-state index contributed by atoms with van der Waals surface area (Å²) in [7, 11) is 0. The summed E-state index contributed by atoms with van der Waals surface area (Å²) in [5.41, 5.74) is 0.677. The van der Waals surface area contributed by atoms with E-state index in [1.54, 1.807) is 19.1 Å². The molecular weight excluding hydrogens is 370 g/mol. The third kappa shape index (κ3) is 4.06. The molecule has 1 atom stereocenters. The van der Waals surface area contributed by atoms with Gasteiger partial charge in [0.15, 0.2) is 0 Å². The maximum atomic E-state index is 11.4. The molecule has 0 aliphatic heterocycles. The molecule has 1 rings (SSSR count). The van der Waals surface area contributed by atoms with Crippen LogP contribution in [0.5, 0.6) is 0 Å². The van der Waals surface area contributed by atoms with Gasteiger partial charge in [0, 0.05) is 6.07 Å². The Kier molecular flexibility index (Phi) is 5.74. The molecule has 0 aromatic heterocycles. The van der Waals surface area contributed by atoms with Crippen LogP contribution in [-0.2, 0) is 16.0 Å². The van der Waals surface area contributed by atoms with Gasteiger partial charge in [0.2, 0.25) is 0 Å². The van der Waals surface area contributed by atoms with Crippen LogP contribution < -0.4 is 0 Å². The van der Waals surface area contributed by atoms with E-state index in [1.807, 2.05) is 0 Å². The molecule has 7 heteroatoms. The minimum Gasteiger partial charge on any atom is -0.465 e. The normalized spacial score (nSPS) is 11.9. The molecule has 0 aliphatic carbocycles. The number of nitrogens with zero attached hydrogens (tertiary/aromatic N) is 1. The fourth-order valence-corrected chi connectivity index (χ4v) is 2.25. The molecular formula is C11H11Br2NO4. The first-order valence-corrected chi connectivity index (χ1v) is 6.90. The summed E-state index contributed by atoms with van der Waals surface area (Å²) in [6, 6.07) is 4.76. The lowest BCUT2D eigenvalue weighted by Gasteiger charge is -2.09. The van der Waals surface area contributed by atoms with Gasteiger partial charge in [-0.25, -0.2) is 0 Å². The van der Waals surface area contributed by atoms with Gasteiger partial charge in [0.1, 0.15) is 4.83 Å². The summed E-state index contributed by atoms with van der Waals surface area (Å²) >= 11 is 6.31. The van der Waals surface area contributed by atoms with Crippen LogP contribution in [0.2, 0.25) is 0 Å². The molecule has 0 bridgehead atoms. The number of nitro benzene ring substituents is 1. The van der Waals surface area contributed by atoms with E-state index in [9.17, 15) is 14.9 Å². The van der Waals surface area contributed by atoms with Gasteiger partial charge in [-0.3, -0.25) is 14.9 Å². The first-order valence-electron chi connectivity index (χ1n) is 5.19. The van der Waals surface area contributed by atoms with Gasteiger partial charge in [-0.15, -0.1) is 0 Å². The van der Waals surface area contributed by atoms with Crippen LogP contribution >= 0.6 is 31.9 Å². The summed E-state index contributed by atoms with van der Waals surface area (Å²) in [6.07, 6.45) is 0.340. The van der Waals surface area contributed by atoms with E-state index in [-0.39, 0.29) is 11.7 Å². The van der Waals surface area contributed by atoms with Crippen LogP contribution in [0.3, 0.4) is 0 Å². The summed E-state index contributed by atoms with van der Waals surface area (Å²) in [5.74, 6) is -0.372. The Bertz CT molecular complexity index is 464. The number of carbonyl (C=O) groups excluding carboxylic acids is 1. The van der Waals surface area contributed by atoms with Crippen molar-refractivity contribution in [2.75, 3.05) is 6.61 Å². The molecule has 0 aliphatic rings. The average Bonchev–Trinajstić information content (AvgIpc) is 2.31. The summed E-state index contributed by atoms with van der Waals surface area (Å²) in [4.78, 5) is 21.2. The monoisotopic (exact) mass is 379 g/mol. The summed E-state index contributed by atoms with van der Waals surface area (Å²) < 4.78 is 5.26. The van der Waals surface area contributed by atoms with Gasteiger partial charge in [-0.05, 0) is 40.9 Å². The summed E-state index contributed by atoms with van der Waals surface area (Å²) in [5, 5.41) is 10.8. The number of halogens is 2. The standard InChI is InChI=1S/C11H11Br2NO4/c1-2-18-11(15)9(13)5-7-3-4-8(12)10(6-7)14(16)17/h3-4,6,9H,2,5H2,1H3. The van der Waals surface area contributed by atoms with E-state index in [0.29, 0.717) is 23.1 Å². The predicted molar refractivity (Wildman–Crippen MR) is 73.8 cm³/mol. The lowest BCUT2D eigenvalue weighted by molar-refractivity contribution is -0.385. The Morgan fingerprint density at radius 1 is 1.56 bits per heavy atom. The zero-order chi connectivity index (χ0) is 13.7. The van der Waals surface area contributed by atoms with E-state index in [2.05, 4.69) is 31.9 Å². The number of carbonyl (C=O) groups is 1. The van der Waals surface area contributed by atoms with Gasteiger partial charge in [0.05, 0.1) is 16.0 Å². The van der Waals surface area contributed by atoms with Crippen molar-refractivity contribution in [1.82, 2.24) is 0 Å². The lowest BCUT2D eigenvalue weighted by Crippen LogP contribution is -2.19. The van der Waals surface area contributed by atoms with Crippen LogP contribution in [0, 0.1) is 10.1 Å². The maximum absolute atomic E-state index is 11.4. The van der Waals surface area contributed by atoms with Crippen molar-refractivity contribution in [3.8, 4) is 0 Å². The SMILES string of the molecule is CCOC(=O)C(Br)Cc1ccc(Br)c([N+](=O)[O-])c1. The molecule has 0 saturated carbocycles. The Morgan fingerprint density at radius 3 is 2.78 bits per heavy atom. The number of nitro groups is 1. The number of ether oxygens (including phenoxy) is 1.